The average Bonchev–Trinajstić information content (AvgIpc) is 3.36. The fraction of sp³-hybridized carbons (Fsp3) is 0.385. The summed E-state index contributed by atoms with van der Waals surface area (Å²) in [6.07, 6.45) is -1.70. The number of alkyl halides is 3. The summed E-state index contributed by atoms with van der Waals surface area (Å²) in [6, 6.07) is 10.7. The van der Waals surface area contributed by atoms with Crippen LogP contribution in [-0.2, 0) is 28.5 Å². The number of hydrogen-bond donors (Lipinski definition) is 0. The zero-order valence-electron chi connectivity index (χ0n) is 19.1. The lowest BCUT2D eigenvalue weighted by Crippen LogP contribution is -2.08. The Morgan fingerprint density at radius 1 is 1.18 bits per heavy atom. The number of carbonyl (C=O) groups is 1. The molecule has 0 saturated heterocycles. The minimum absolute atomic E-state index is 0.168. The van der Waals surface area contributed by atoms with E-state index in [1.165, 1.54) is 23.3 Å². The number of nitrogens with zero attached hydrogens (tertiary/aromatic N) is 1. The van der Waals surface area contributed by atoms with Crippen molar-refractivity contribution in [3.63, 3.8) is 0 Å². The van der Waals surface area contributed by atoms with Crippen molar-refractivity contribution >= 4 is 5.97 Å². The zero-order chi connectivity index (χ0) is 24.3. The van der Waals surface area contributed by atoms with Gasteiger partial charge in [-0.15, -0.1) is 0 Å². The third-order valence-electron chi connectivity index (χ3n) is 5.98. The highest BCUT2D eigenvalue weighted by Crippen LogP contribution is 2.37. The molecule has 8 heteroatoms. The monoisotopic (exact) mass is 473 g/mol. The fourth-order valence-corrected chi connectivity index (χ4v) is 4.25. The van der Waals surface area contributed by atoms with Crippen LogP contribution in [0.1, 0.15) is 53.8 Å². The van der Waals surface area contributed by atoms with E-state index in [9.17, 15) is 18.0 Å². The van der Waals surface area contributed by atoms with Gasteiger partial charge in [-0.25, -0.2) is 4.98 Å². The Bertz CT molecular complexity index is 1150. The SMILES string of the molecule is CCOC(=O)C[C@@H]1CCc2cc(OCCc3oc(-c4ccc(C(F)(F)F)cc4)nc3C)ccc21. The predicted molar refractivity (Wildman–Crippen MR) is 120 cm³/mol. The number of halogens is 3. The Morgan fingerprint density at radius 2 is 1.94 bits per heavy atom. The first-order valence-electron chi connectivity index (χ1n) is 11.3. The lowest BCUT2D eigenvalue weighted by molar-refractivity contribution is -0.143. The number of fused-ring (bicyclic) bond motifs is 1. The molecule has 0 spiro atoms. The first-order valence-corrected chi connectivity index (χ1v) is 11.3. The molecule has 180 valence electrons. The third-order valence-corrected chi connectivity index (χ3v) is 5.98. The van der Waals surface area contributed by atoms with Crippen LogP contribution in [0.5, 0.6) is 5.75 Å². The van der Waals surface area contributed by atoms with Crippen LogP contribution in [0.15, 0.2) is 46.9 Å². The molecule has 0 fully saturated rings. The van der Waals surface area contributed by atoms with Gasteiger partial charge in [0.2, 0.25) is 5.89 Å². The van der Waals surface area contributed by atoms with E-state index in [2.05, 4.69) is 4.98 Å². The summed E-state index contributed by atoms with van der Waals surface area (Å²) in [5, 5.41) is 0. The summed E-state index contributed by atoms with van der Waals surface area (Å²) in [5.41, 5.74) is 2.81. The number of carbonyl (C=O) groups excluding carboxylic acids is 1. The van der Waals surface area contributed by atoms with Crippen LogP contribution in [0.3, 0.4) is 0 Å². The molecule has 0 unspecified atom stereocenters. The molecule has 1 aliphatic rings. The molecule has 0 bridgehead atoms. The fourth-order valence-electron chi connectivity index (χ4n) is 4.25. The first-order chi connectivity index (χ1) is 16.2. The molecule has 0 radical (unpaired) electrons. The Kier molecular flexibility index (Phi) is 6.95. The molecule has 1 aromatic heterocycles. The Labute approximate surface area is 195 Å². The summed E-state index contributed by atoms with van der Waals surface area (Å²) in [6.45, 7) is 4.36. The first kappa shape index (κ1) is 23.9. The van der Waals surface area contributed by atoms with Crippen molar-refractivity contribution in [3.8, 4) is 17.2 Å². The van der Waals surface area contributed by atoms with Gasteiger partial charge < -0.3 is 13.9 Å². The second-order valence-corrected chi connectivity index (χ2v) is 8.31. The number of ether oxygens (including phenoxy) is 2. The lowest BCUT2D eigenvalue weighted by atomic mass is 9.98. The topological polar surface area (TPSA) is 61.6 Å². The van der Waals surface area contributed by atoms with Gasteiger partial charge in [0.15, 0.2) is 0 Å². The molecule has 0 amide bonds. The maximum Gasteiger partial charge on any atom is 0.416 e. The molecule has 1 heterocycles. The predicted octanol–water partition coefficient (Wildman–Crippen LogP) is 6.27. The number of aryl methyl sites for hydroxylation is 2. The molecule has 5 nitrogen and oxygen atoms in total. The van der Waals surface area contributed by atoms with Crippen molar-refractivity contribution in [2.75, 3.05) is 13.2 Å². The summed E-state index contributed by atoms with van der Waals surface area (Å²) in [5.74, 6) is 1.68. The third kappa shape index (κ3) is 5.43. The van der Waals surface area contributed by atoms with Crippen LogP contribution in [-0.4, -0.2) is 24.2 Å². The van der Waals surface area contributed by atoms with Gasteiger partial charge in [-0.05, 0) is 80.1 Å². The van der Waals surface area contributed by atoms with Gasteiger partial charge in [0.05, 0.1) is 30.9 Å². The quantitative estimate of drug-likeness (QED) is 0.361. The highest BCUT2D eigenvalue weighted by Gasteiger charge is 2.30. The second-order valence-electron chi connectivity index (χ2n) is 8.31. The van der Waals surface area contributed by atoms with Gasteiger partial charge in [-0.3, -0.25) is 4.79 Å². The second kappa shape index (κ2) is 9.91. The summed E-state index contributed by atoms with van der Waals surface area (Å²) < 4.78 is 55.1. The van der Waals surface area contributed by atoms with Gasteiger partial charge in [0, 0.05) is 12.0 Å². The van der Waals surface area contributed by atoms with E-state index in [4.69, 9.17) is 13.9 Å². The van der Waals surface area contributed by atoms with E-state index >= 15 is 0 Å². The molecule has 1 atom stereocenters. The van der Waals surface area contributed by atoms with E-state index in [0.717, 1.165) is 30.7 Å². The molecule has 0 N–H and O–H groups in total. The minimum Gasteiger partial charge on any atom is -0.493 e. The van der Waals surface area contributed by atoms with E-state index in [1.807, 2.05) is 18.2 Å². The Morgan fingerprint density at radius 3 is 2.65 bits per heavy atom. The molecule has 0 aliphatic heterocycles. The van der Waals surface area contributed by atoms with Crippen molar-refractivity contribution < 1.29 is 31.9 Å². The molecular formula is C26H26F3NO4. The summed E-state index contributed by atoms with van der Waals surface area (Å²) in [4.78, 5) is 16.2. The van der Waals surface area contributed by atoms with E-state index in [1.54, 1.807) is 13.8 Å². The number of rotatable bonds is 8. The van der Waals surface area contributed by atoms with E-state index in [-0.39, 0.29) is 17.8 Å². The van der Waals surface area contributed by atoms with Crippen LogP contribution in [0.4, 0.5) is 13.2 Å². The molecular weight excluding hydrogens is 447 g/mol. The number of oxazole rings is 1. The van der Waals surface area contributed by atoms with Gasteiger partial charge >= 0.3 is 12.1 Å². The summed E-state index contributed by atoms with van der Waals surface area (Å²) in [7, 11) is 0. The molecule has 1 aliphatic carbocycles. The van der Waals surface area contributed by atoms with Crippen LogP contribution < -0.4 is 4.74 Å². The molecule has 3 aromatic rings. The molecule has 0 saturated carbocycles. The van der Waals surface area contributed by atoms with Crippen LogP contribution in [0.2, 0.25) is 0 Å². The van der Waals surface area contributed by atoms with Crippen LogP contribution >= 0.6 is 0 Å². The highest BCUT2D eigenvalue weighted by molar-refractivity contribution is 5.71. The van der Waals surface area contributed by atoms with E-state index in [0.29, 0.717) is 43.1 Å². The van der Waals surface area contributed by atoms with Crippen molar-refractivity contribution in [3.05, 3.63) is 70.6 Å². The largest absolute Gasteiger partial charge is 0.493 e. The Balaban J connectivity index is 1.35. The van der Waals surface area contributed by atoms with Gasteiger partial charge in [0.1, 0.15) is 11.5 Å². The smallest absolute Gasteiger partial charge is 0.416 e. The van der Waals surface area contributed by atoms with Gasteiger partial charge in [-0.2, -0.15) is 13.2 Å². The maximum absolute atomic E-state index is 12.8. The van der Waals surface area contributed by atoms with Gasteiger partial charge in [-0.1, -0.05) is 6.07 Å². The number of aromatic nitrogens is 1. The van der Waals surface area contributed by atoms with Crippen molar-refractivity contribution in [2.45, 2.75) is 51.6 Å². The van der Waals surface area contributed by atoms with Crippen molar-refractivity contribution in [1.82, 2.24) is 4.98 Å². The van der Waals surface area contributed by atoms with Crippen molar-refractivity contribution in [2.24, 2.45) is 0 Å². The van der Waals surface area contributed by atoms with E-state index < -0.39 is 11.7 Å². The highest BCUT2D eigenvalue weighted by atomic mass is 19.4. The lowest BCUT2D eigenvalue weighted by Gasteiger charge is -2.12. The average molecular weight is 473 g/mol. The van der Waals surface area contributed by atoms with Crippen LogP contribution in [0.25, 0.3) is 11.5 Å². The number of esters is 1. The summed E-state index contributed by atoms with van der Waals surface area (Å²) >= 11 is 0. The molecule has 4 rings (SSSR count). The Hall–Kier alpha value is -3.29. The standard InChI is InChI=1S/C26H26F3NO4/c1-3-32-24(31)15-19-5-4-18-14-21(10-11-22(18)19)33-13-12-23-16(2)30-25(34-23)17-6-8-20(9-7-17)26(27,28)29/h6-11,14,19H,3-5,12-13,15H2,1-2H3/t19-/m0/s1. The number of hydrogen-bond acceptors (Lipinski definition) is 5. The van der Waals surface area contributed by atoms with Crippen LogP contribution in [0, 0.1) is 6.92 Å². The maximum atomic E-state index is 12.8. The van der Waals surface area contributed by atoms with Gasteiger partial charge in [0.25, 0.3) is 0 Å². The molecule has 2 aromatic carbocycles. The molecule has 34 heavy (non-hydrogen) atoms. The normalized spacial score (nSPS) is 15.3. The number of benzene rings is 2. The minimum atomic E-state index is -4.38. The zero-order valence-corrected chi connectivity index (χ0v) is 19.1. The van der Waals surface area contributed by atoms with Crippen molar-refractivity contribution in [1.29, 1.82) is 0 Å².